The maximum atomic E-state index is 12.5. The van der Waals surface area contributed by atoms with Crippen molar-refractivity contribution in [2.24, 2.45) is 5.92 Å². The van der Waals surface area contributed by atoms with E-state index >= 15 is 0 Å². The number of anilines is 1. The molecule has 2 amide bonds. The third-order valence-electron chi connectivity index (χ3n) is 4.20. The minimum atomic E-state index is -0.559. The molecule has 0 radical (unpaired) electrons. The van der Waals surface area contributed by atoms with Crippen molar-refractivity contribution in [2.45, 2.75) is 65.0 Å². The van der Waals surface area contributed by atoms with Crippen molar-refractivity contribution < 1.29 is 14.3 Å². The fourth-order valence-electron chi connectivity index (χ4n) is 2.94. The summed E-state index contributed by atoms with van der Waals surface area (Å²) in [6.45, 7) is 7.61. The number of hydrogen-bond acceptors (Lipinski definition) is 3. The highest BCUT2D eigenvalue weighted by molar-refractivity contribution is 5.96. The van der Waals surface area contributed by atoms with Gasteiger partial charge in [-0.15, -0.1) is 0 Å². The van der Waals surface area contributed by atoms with Crippen LogP contribution in [0.4, 0.5) is 10.5 Å². The van der Waals surface area contributed by atoms with Crippen LogP contribution >= 0.6 is 0 Å². The minimum absolute atomic E-state index is 0.0958. The third kappa shape index (κ3) is 5.55. The first-order valence-corrected chi connectivity index (χ1v) is 8.65. The fourth-order valence-corrected chi connectivity index (χ4v) is 2.94. The van der Waals surface area contributed by atoms with Gasteiger partial charge in [-0.1, -0.05) is 25.8 Å². The molecule has 0 bridgehead atoms. The summed E-state index contributed by atoms with van der Waals surface area (Å²) in [7, 11) is 0. The number of rotatable bonds is 3. The number of carbonyl (C=O) groups excluding carboxylic acids is 2. The molecule has 24 heavy (non-hydrogen) atoms. The highest BCUT2D eigenvalue weighted by Gasteiger charge is 2.23. The molecule has 5 heteroatoms. The number of hydrogen-bond donors (Lipinski definition) is 2. The van der Waals surface area contributed by atoms with Crippen LogP contribution in [0.5, 0.6) is 0 Å². The molecule has 0 aliphatic heterocycles. The Balaban J connectivity index is 1.98. The predicted molar refractivity (Wildman–Crippen MR) is 95.2 cm³/mol. The highest BCUT2D eigenvalue weighted by Crippen LogP contribution is 2.24. The lowest BCUT2D eigenvalue weighted by molar-refractivity contribution is 0.0635. The van der Waals surface area contributed by atoms with Crippen molar-refractivity contribution in [2.75, 3.05) is 5.32 Å². The van der Waals surface area contributed by atoms with Gasteiger partial charge >= 0.3 is 6.09 Å². The van der Waals surface area contributed by atoms with E-state index in [0.29, 0.717) is 17.2 Å². The number of nitrogens with one attached hydrogen (secondary N) is 2. The molecule has 1 saturated carbocycles. The number of ether oxygens (including phenoxy) is 1. The molecule has 2 atom stereocenters. The van der Waals surface area contributed by atoms with Crippen molar-refractivity contribution in [3.05, 3.63) is 29.8 Å². The van der Waals surface area contributed by atoms with Gasteiger partial charge < -0.3 is 10.1 Å². The second-order valence-electron chi connectivity index (χ2n) is 7.55. The number of carbonyl (C=O) groups is 2. The Bertz CT molecular complexity index is 593. The molecule has 0 heterocycles. The lowest BCUT2D eigenvalue weighted by atomic mass is 9.86. The Labute approximate surface area is 144 Å². The van der Waals surface area contributed by atoms with Crippen molar-refractivity contribution in [1.29, 1.82) is 0 Å². The van der Waals surface area contributed by atoms with E-state index in [-0.39, 0.29) is 11.9 Å². The van der Waals surface area contributed by atoms with Gasteiger partial charge in [-0.3, -0.25) is 10.1 Å². The normalized spacial score (nSPS) is 21.0. The summed E-state index contributed by atoms with van der Waals surface area (Å²) in [6, 6.07) is 7.15. The first-order valence-electron chi connectivity index (χ1n) is 8.65. The van der Waals surface area contributed by atoms with E-state index in [1.54, 1.807) is 24.3 Å². The molecule has 0 spiro atoms. The van der Waals surface area contributed by atoms with Crippen LogP contribution in [0.3, 0.4) is 0 Å². The summed E-state index contributed by atoms with van der Waals surface area (Å²) < 4.78 is 5.23. The summed E-state index contributed by atoms with van der Waals surface area (Å²) in [5.74, 6) is 0.410. The molecule has 132 valence electrons. The van der Waals surface area contributed by atoms with E-state index in [1.165, 1.54) is 6.42 Å². The maximum absolute atomic E-state index is 12.5. The topological polar surface area (TPSA) is 67.4 Å². The van der Waals surface area contributed by atoms with Gasteiger partial charge in [0.1, 0.15) is 5.60 Å². The maximum Gasteiger partial charge on any atom is 0.412 e. The zero-order valence-electron chi connectivity index (χ0n) is 15.0. The van der Waals surface area contributed by atoms with Crippen LogP contribution in [0, 0.1) is 5.92 Å². The lowest BCUT2D eigenvalue weighted by Crippen LogP contribution is -2.41. The zero-order valence-corrected chi connectivity index (χ0v) is 15.0. The molecule has 5 nitrogen and oxygen atoms in total. The Morgan fingerprint density at radius 2 is 1.88 bits per heavy atom. The Morgan fingerprint density at radius 3 is 2.54 bits per heavy atom. The third-order valence-corrected chi connectivity index (χ3v) is 4.20. The lowest BCUT2D eigenvalue weighted by Gasteiger charge is -2.29. The molecule has 0 saturated heterocycles. The van der Waals surface area contributed by atoms with Crippen LogP contribution in [0.1, 0.15) is 63.7 Å². The Kier molecular flexibility index (Phi) is 5.86. The van der Waals surface area contributed by atoms with Crippen LogP contribution in [0.15, 0.2) is 24.3 Å². The standard InChI is InChI=1S/C19H28N2O3/c1-13-8-5-6-11-16(13)21-17(22)14-9-7-10-15(12-14)20-18(23)24-19(2,3)4/h7,9-10,12-13,16H,5-6,8,11H2,1-4H3,(H,20,23)(H,21,22)/t13-,16-/m0/s1. The number of amides is 2. The summed E-state index contributed by atoms with van der Waals surface area (Å²) in [5, 5.41) is 5.79. The summed E-state index contributed by atoms with van der Waals surface area (Å²) in [4.78, 5) is 24.3. The van der Waals surface area contributed by atoms with Gasteiger partial charge in [-0.25, -0.2) is 4.79 Å². The van der Waals surface area contributed by atoms with Gasteiger partial charge in [-0.2, -0.15) is 0 Å². The van der Waals surface area contributed by atoms with Crippen molar-refractivity contribution in [3.8, 4) is 0 Å². The van der Waals surface area contributed by atoms with E-state index in [4.69, 9.17) is 4.74 Å². The van der Waals surface area contributed by atoms with Gasteiger partial charge in [-0.05, 0) is 57.7 Å². The quantitative estimate of drug-likeness (QED) is 0.865. The second-order valence-corrected chi connectivity index (χ2v) is 7.55. The molecular formula is C19H28N2O3. The first kappa shape index (κ1) is 18.3. The smallest absolute Gasteiger partial charge is 0.412 e. The van der Waals surface area contributed by atoms with E-state index in [0.717, 1.165) is 19.3 Å². The molecule has 1 aromatic carbocycles. The molecule has 1 aliphatic carbocycles. The summed E-state index contributed by atoms with van der Waals surface area (Å²) in [6.07, 6.45) is 4.06. The number of benzene rings is 1. The van der Waals surface area contributed by atoms with Gasteiger partial charge in [0.05, 0.1) is 0 Å². The highest BCUT2D eigenvalue weighted by atomic mass is 16.6. The van der Waals surface area contributed by atoms with E-state index in [1.807, 2.05) is 20.8 Å². The molecule has 0 aromatic heterocycles. The van der Waals surface area contributed by atoms with E-state index in [9.17, 15) is 9.59 Å². The van der Waals surface area contributed by atoms with E-state index < -0.39 is 11.7 Å². The largest absolute Gasteiger partial charge is 0.444 e. The molecule has 1 aliphatic rings. The molecule has 2 N–H and O–H groups in total. The molecule has 0 unspecified atom stereocenters. The zero-order chi connectivity index (χ0) is 17.7. The van der Waals surface area contributed by atoms with Crippen LogP contribution in [0.2, 0.25) is 0 Å². The summed E-state index contributed by atoms with van der Waals surface area (Å²) in [5.41, 5.74) is 0.533. The van der Waals surface area contributed by atoms with Crippen molar-refractivity contribution in [3.63, 3.8) is 0 Å². The Hall–Kier alpha value is -2.04. The van der Waals surface area contributed by atoms with Gasteiger partial charge in [0.25, 0.3) is 5.91 Å². The van der Waals surface area contributed by atoms with Crippen LogP contribution in [-0.2, 0) is 4.74 Å². The average molecular weight is 332 g/mol. The van der Waals surface area contributed by atoms with Crippen LogP contribution < -0.4 is 10.6 Å². The SMILES string of the molecule is C[C@H]1CCCC[C@@H]1NC(=O)c1cccc(NC(=O)OC(C)(C)C)c1. The molecular weight excluding hydrogens is 304 g/mol. The van der Waals surface area contributed by atoms with Gasteiger partial charge in [0, 0.05) is 17.3 Å². The van der Waals surface area contributed by atoms with Gasteiger partial charge in [0.15, 0.2) is 0 Å². The Morgan fingerprint density at radius 1 is 1.17 bits per heavy atom. The first-order chi connectivity index (χ1) is 11.2. The molecule has 2 rings (SSSR count). The predicted octanol–water partition coefficient (Wildman–Crippen LogP) is 4.34. The monoisotopic (exact) mass is 332 g/mol. The van der Waals surface area contributed by atoms with Gasteiger partial charge in [0.2, 0.25) is 0 Å². The second kappa shape index (κ2) is 7.69. The average Bonchev–Trinajstić information content (AvgIpc) is 2.48. The fraction of sp³-hybridized carbons (Fsp3) is 0.579. The van der Waals surface area contributed by atoms with E-state index in [2.05, 4.69) is 17.6 Å². The van der Waals surface area contributed by atoms with Crippen LogP contribution in [0.25, 0.3) is 0 Å². The minimum Gasteiger partial charge on any atom is -0.444 e. The van der Waals surface area contributed by atoms with Crippen LogP contribution in [-0.4, -0.2) is 23.6 Å². The molecule has 1 fully saturated rings. The van der Waals surface area contributed by atoms with Crippen molar-refractivity contribution in [1.82, 2.24) is 5.32 Å². The molecule has 1 aromatic rings. The van der Waals surface area contributed by atoms with Crippen molar-refractivity contribution >= 4 is 17.7 Å². The summed E-state index contributed by atoms with van der Waals surface area (Å²) >= 11 is 0.